The molecule has 4 nitrogen and oxygen atoms in total. The Bertz CT molecular complexity index is 744. The third-order valence-electron chi connectivity index (χ3n) is 4.99. The van der Waals surface area contributed by atoms with E-state index >= 15 is 0 Å². The first-order valence-electron chi connectivity index (χ1n) is 9.96. The molecule has 1 amide bonds. The molecule has 1 unspecified atom stereocenters. The molecule has 0 aliphatic carbocycles. The Hall–Kier alpha value is -2.49. The van der Waals surface area contributed by atoms with E-state index in [4.69, 9.17) is 4.74 Å². The summed E-state index contributed by atoms with van der Waals surface area (Å²) in [6, 6.07) is 14.2. The van der Waals surface area contributed by atoms with Crippen LogP contribution in [0.3, 0.4) is 0 Å². The summed E-state index contributed by atoms with van der Waals surface area (Å²) in [7, 11) is 0. The first kappa shape index (κ1) is 19.3. The van der Waals surface area contributed by atoms with E-state index in [-0.39, 0.29) is 5.91 Å². The molecule has 1 aliphatic rings. The van der Waals surface area contributed by atoms with Gasteiger partial charge in [-0.25, -0.2) is 0 Å². The molecule has 27 heavy (non-hydrogen) atoms. The zero-order valence-electron chi connectivity index (χ0n) is 16.6. The van der Waals surface area contributed by atoms with E-state index < -0.39 is 6.10 Å². The minimum Gasteiger partial charge on any atom is -0.481 e. The van der Waals surface area contributed by atoms with Gasteiger partial charge in [0, 0.05) is 24.5 Å². The van der Waals surface area contributed by atoms with Gasteiger partial charge in [-0.05, 0) is 87.1 Å². The molecule has 1 aliphatic heterocycles. The highest BCUT2D eigenvalue weighted by Gasteiger charge is 2.19. The number of rotatable bonds is 6. The molecule has 0 saturated carbocycles. The molecule has 0 bridgehead atoms. The number of benzene rings is 2. The van der Waals surface area contributed by atoms with E-state index in [2.05, 4.69) is 28.4 Å². The molecular formula is C23H30N2O2. The van der Waals surface area contributed by atoms with E-state index in [0.29, 0.717) is 6.42 Å². The van der Waals surface area contributed by atoms with Gasteiger partial charge in [0.05, 0.1) is 0 Å². The first-order valence-corrected chi connectivity index (χ1v) is 9.96. The maximum absolute atomic E-state index is 12.7. The largest absolute Gasteiger partial charge is 0.481 e. The van der Waals surface area contributed by atoms with Crippen LogP contribution in [0.1, 0.15) is 43.7 Å². The van der Waals surface area contributed by atoms with Crippen molar-refractivity contribution >= 4 is 17.3 Å². The average molecular weight is 367 g/mol. The smallest absolute Gasteiger partial charge is 0.265 e. The number of carbonyl (C=O) groups is 1. The van der Waals surface area contributed by atoms with Crippen molar-refractivity contribution in [3.8, 4) is 5.75 Å². The number of anilines is 2. The Kier molecular flexibility index (Phi) is 6.38. The fourth-order valence-electron chi connectivity index (χ4n) is 3.62. The summed E-state index contributed by atoms with van der Waals surface area (Å²) in [6.07, 6.45) is 3.94. The summed E-state index contributed by atoms with van der Waals surface area (Å²) in [5.41, 5.74) is 4.30. The Morgan fingerprint density at radius 2 is 1.67 bits per heavy atom. The SMILES string of the molecule is CCC(Oc1cc(C)cc(C)c1)C(=O)Nc1ccc(N2CCCCC2)cc1. The van der Waals surface area contributed by atoms with E-state index in [9.17, 15) is 4.79 Å². The van der Waals surface area contributed by atoms with Crippen molar-refractivity contribution in [2.75, 3.05) is 23.3 Å². The highest BCUT2D eigenvalue weighted by Crippen LogP contribution is 2.23. The molecule has 0 spiro atoms. The molecule has 1 heterocycles. The number of amides is 1. The number of nitrogens with zero attached hydrogens (tertiary/aromatic N) is 1. The van der Waals surface area contributed by atoms with Gasteiger partial charge in [-0.1, -0.05) is 13.0 Å². The standard InChI is InChI=1S/C23H30N2O2/c1-4-22(27-21-15-17(2)14-18(3)16-21)23(26)24-19-8-10-20(11-9-19)25-12-6-5-7-13-25/h8-11,14-16,22H,4-7,12-13H2,1-3H3,(H,24,26). The number of carbonyl (C=O) groups excluding carboxylic acids is 1. The highest BCUT2D eigenvalue weighted by molar-refractivity contribution is 5.94. The lowest BCUT2D eigenvalue weighted by molar-refractivity contribution is -0.122. The predicted molar refractivity (Wildman–Crippen MR) is 112 cm³/mol. The van der Waals surface area contributed by atoms with Gasteiger partial charge in [0.1, 0.15) is 5.75 Å². The van der Waals surface area contributed by atoms with Crippen molar-refractivity contribution in [1.29, 1.82) is 0 Å². The minimum atomic E-state index is -0.507. The van der Waals surface area contributed by atoms with E-state index in [0.717, 1.165) is 35.7 Å². The van der Waals surface area contributed by atoms with Gasteiger partial charge in [0.25, 0.3) is 5.91 Å². The van der Waals surface area contributed by atoms with Gasteiger partial charge in [-0.15, -0.1) is 0 Å². The molecule has 1 N–H and O–H groups in total. The molecular weight excluding hydrogens is 336 g/mol. The van der Waals surface area contributed by atoms with Crippen molar-refractivity contribution in [3.63, 3.8) is 0 Å². The van der Waals surface area contributed by atoms with Crippen LogP contribution < -0.4 is 15.0 Å². The van der Waals surface area contributed by atoms with Gasteiger partial charge in [-0.3, -0.25) is 4.79 Å². The van der Waals surface area contributed by atoms with Crippen LogP contribution in [-0.2, 0) is 4.79 Å². The summed E-state index contributed by atoms with van der Waals surface area (Å²) < 4.78 is 5.96. The summed E-state index contributed by atoms with van der Waals surface area (Å²) in [6.45, 7) is 8.27. The molecule has 3 rings (SSSR count). The molecule has 144 valence electrons. The quantitative estimate of drug-likeness (QED) is 0.774. The number of hydrogen-bond donors (Lipinski definition) is 1. The third-order valence-corrected chi connectivity index (χ3v) is 4.99. The third kappa shape index (κ3) is 5.25. The van der Waals surface area contributed by atoms with E-state index in [1.165, 1.54) is 24.9 Å². The topological polar surface area (TPSA) is 41.6 Å². The number of nitrogens with one attached hydrogen (secondary N) is 1. The van der Waals surface area contributed by atoms with Gasteiger partial charge in [0.15, 0.2) is 6.10 Å². The second-order valence-electron chi connectivity index (χ2n) is 7.42. The van der Waals surface area contributed by atoms with E-state index in [1.54, 1.807) is 0 Å². The van der Waals surface area contributed by atoms with Crippen molar-refractivity contribution in [2.24, 2.45) is 0 Å². The molecule has 2 aromatic carbocycles. The van der Waals surface area contributed by atoms with Crippen LogP contribution in [0, 0.1) is 13.8 Å². The molecule has 1 saturated heterocycles. The molecule has 0 aromatic heterocycles. The van der Waals surface area contributed by atoms with Gasteiger partial charge in [-0.2, -0.15) is 0 Å². The van der Waals surface area contributed by atoms with Gasteiger partial charge >= 0.3 is 0 Å². The number of aryl methyl sites for hydroxylation is 2. The molecule has 4 heteroatoms. The fourth-order valence-corrected chi connectivity index (χ4v) is 3.62. The van der Waals surface area contributed by atoms with E-state index in [1.807, 2.05) is 45.0 Å². The van der Waals surface area contributed by atoms with Crippen LogP contribution in [0.5, 0.6) is 5.75 Å². The zero-order chi connectivity index (χ0) is 19.2. The second kappa shape index (κ2) is 8.94. The van der Waals surface area contributed by atoms with Gasteiger partial charge in [0.2, 0.25) is 0 Å². The van der Waals surface area contributed by atoms with Crippen molar-refractivity contribution in [2.45, 2.75) is 52.6 Å². The lowest BCUT2D eigenvalue weighted by atomic mass is 10.1. The Morgan fingerprint density at radius 3 is 2.26 bits per heavy atom. The summed E-state index contributed by atoms with van der Waals surface area (Å²) in [5.74, 6) is 0.636. The Labute approximate surface area is 162 Å². The van der Waals surface area contributed by atoms with Crippen LogP contribution in [0.4, 0.5) is 11.4 Å². The monoisotopic (exact) mass is 366 g/mol. The molecule has 1 atom stereocenters. The summed E-state index contributed by atoms with van der Waals surface area (Å²) in [4.78, 5) is 15.1. The van der Waals surface area contributed by atoms with Crippen LogP contribution in [0.25, 0.3) is 0 Å². The maximum atomic E-state index is 12.7. The highest BCUT2D eigenvalue weighted by atomic mass is 16.5. The predicted octanol–water partition coefficient (Wildman–Crippen LogP) is 5.09. The Morgan fingerprint density at radius 1 is 1.04 bits per heavy atom. The Balaban J connectivity index is 1.62. The lowest BCUT2D eigenvalue weighted by Crippen LogP contribution is -2.32. The molecule has 0 radical (unpaired) electrons. The zero-order valence-corrected chi connectivity index (χ0v) is 16.6. The second-order valence-corrected chi connectivity index (χ2v) is 7.42. The average Bonchev–Trinajstić information content (AvgIpc) is 2.66. The van der Waals surface area contributed by atoms with Crippen LogP contribution in [0.15, 0.2) is 42.5 Å². The summed E-state index contributed by atoms with van der Waals surface area (Å²) in [5, 5.41) is 2.99. The number of ether oxygens (including phenoxy) is 1. The molecule has 2 aromatic rings. The lowest BCUT2D eigenvalue weighted by Gasteiger charge is -2.29. The van der Waals surface area contributed by atoms with Crippen molar-refractivity contribution in [1.82, 2.24) is 0 Å². The van der Waals surface area contributed by atoms with Crippen molar-refractivity contribution in [3.05, 3.63) is 53.6 Å². The summed E-state index contributed by atoms with van der Waals surface area (Å²) >= 11 is 0. The fraction of sp³-hybridized carbons (Fsp3) is 0.435. The minimum absolute atomic E-state index is 0.109. The van der Waals surface area contributed by atoms with Crippen LogP contribution in [0.2, 0.25) is 0 Å². The maximum Gasteiger partial charge on any atom is 0.265 e. The first-order chi connectivity index (χ1) is 13.0. The number of piperidine rings is 1. The van der Waals surface area contributed by atoms with Crippen LogP contribution in [-0.4, -0.2) is 25.1 Å². The van der Waals surface area contributed by atoms with Gasteiger partial charge < -0.3 is 15.0 Å². The molecule has 1 fully saturated rings. The van der Waals surface area contributed by atoms with Crippen molar-refractivity contribution < 1.29 is 9.53 Å². The normalized spacial score (nSPS) is 15.3. The van der Waals surface area contributed by atoms with Crippen LogP contribution >= 0.6 is 0 Å². The number of hydrogen-bond acceptors (Lipinski definition) is 3.